The van der Waals surface area contributed by atoms with Crippen LogP contribution in [-0.2, 0) is 0 Å². The highest BCUT2D eigenvalue weighted by molar-refractivity contribution is 7.13. The summed E-state index contributed by atoms with van der Waals surface area (Å²) < 4.78 is 40.5. The number of nitrogens with one attached hydrogen (secondary N) is 1. The average molecular weight is 303 g/mol. The van der Waals surface area contributed by atoms with E-state index in [9.17, 15) is 18.0 Å². The van der Waals surface area contributed by atoms with Crippen LogP contribution in [0.15, 0.2) is 29.6 Å². The number of thiazole rings is 1. The summed E-state index contributed by atoms with van der Waals surface area (Å²) in [4.78, 5) is 15.5. The molecular formula is C11H8F3N3O2S. The topological polar surface area (TPSA) is 77.2 Å². The third kappa shape index (κ3) is 3.60. The van der Waals surface area contributed by atoms with Crippen LogP contribution >= 0.6 is 11.3 Å². The van der Waals surface area contributed by atoms with Gasteiger partial charge in [-0.15, -0.1) is 24.5 Å². The number of halogens is 3. The molecule has 0 aliphatic rings. The Bertz CT molecular complexity index is 627. The van der Waals surface area contributed by atoms with Gasteiger partial charge in [0.1, 0.15) is 5.69 Å². The molecule has 1 amide bonds. The molecule has 0 unspecified atom stereocenters. The highest BCUT2D eigenvalue weighted by atomic mass is 32.1. The lowest BCUT2D eigenvalue weighted by Crippen LogP contribution is -2.19. The first-order valence-electron chi connectivity index (χ1n) is 5.22. The van der Waals surface area contributed by atoms with Gasteiger partial charge in [-0.25, -0.2) is 4.98 Å². The van der Waals surface area contributed by atoms with Gasteiger partial charge < -0.3 is 15.8 Å². The van der Waals surface area contributed by atoms with E-state index in [1.165, 1.54) is 23.6 Å². The van der Waals surface area contributed by atoms with Crippen molar-refractivity contribution in [2.24, 2.45) is 0 Å². The van der Waals surface area contributed by atoms with E-state index in [1.54, 1.807) is 0 Å². The fourth-order valence-corrected chi connectivity index (χ4v) is 1.91. The van der Waals surface area contributed by atoms with Gasteiger partial charge in [0.2, 0.25) is 0 Å². The van der Waals surface area contributed by atoms with E-state index in [0.29, 0.717) is 0 Å². The summed E-state index contributed by atoms with van der Waals surface area (Å²) in [6, 6.07) is 5.21. The number of amides is 1. The number of anilines is 2. The van der Waals surface area contributed by atoms with Crippen molar-refractivity contribution < 1.29 is 22.7 Å². The number of carbonyl (C=O) groups excluding carboxylic acids is 1. The van der Waals surface area contributed by atoms with Crippen molar-refractivity contribution in [3.05, 3.63) is 35.3 Å². The van der Waals surface area contributed by atoms with Crippen LogP contribution in [0, 0.1) is 0 Å². The Kier molecular flexibility index (Phi) is 3.79. The number of nitrogens with two attached hydrogens (primary N) is 1. The summed E-state index contributed by atoms with van der Waals surface area (Å²) in [5.41, 5.74) is 5.29. The van der Waals surface area contributed by atoms with Crippen molar-refractivity contribution in [2.45, 2.75) is 6.36 Å². The molecule has 1 aromatic heterocycles. The van der Waals surface area contributed by atoms with Crippen molar-refractivity contribution >= 4 is 28.1 Å². The maximum absolute atomic E-state index is 12.2. The number of rotatable bonds is 3. The van der Waals surface area contributed by atoms with Gasteiger partial charge in [-0.1, -0.05) is 12.1 Å². The van der Waals surface area contributed by atoms with E-state index < -0.39 is 18.0 Å². The molecule has 0 spiro atoms. The second kappa shape index (κ2) is 5.37. The van der Waals surface area contributed by atoms with Crippen LogP contribution in [0.5, 0.6) is 5.75 Å². The van der Waals surface area contributed by atoms with Gasteiger partial charge in [-0.3, -0.25) is 4.79 Å². The molecule has 3 N–H and O–H groups in total. The minimum atomic E-state index is -4.84. The number of para-hydroxylation sites is 2. The van der Waals surface area contributed by atoms with Crippen LogP contribution in [0.4, 0.5) is 24.0 Å². The minimum Gasteiger partial charge on any atom is -0.404 e. The summed E-state index contributed by atoms with van der Waals surface area (Å²) >= 11 is 1.05. The lowest BCUT2D eigenvalue weighted by atomic mass is 10.3. The average Bonchev–Trinajstić information content (AvgIpc) is 2.77. The first-order valence-corrected chi connectivity index (χ1v) is 6.10. The molecule has 5 nitrogen and oxygen atoms in total. The quantitative estimate of drug-likeness (QED) is 0.914. The minimum absolute atomic E-state index is 0.0225. The molecule has 1 heterocycles. The van der Waals surface area contributed by atoms with E-state index >= 15 is 0 Å². The Labute approximate surface area is 115 Å². The van der Waals surface area contributed by atoms with Crippen LogP contribution in [-0.4, -0.2) is 17.3 Å². The van der Waals surface area contributed by atoms with Gasteiger partial charge in [-0.05, 0) is 12.1 Å². The molecule has 0 radical (unpaired) electrons. The van der Waals surface area contributed by atoms with Gasteiger partial charge in [0, 0.05) is 5.38 Å². The Morgan fingerprint density at radius 1 is 1.35 bits per heavy atom. The molecule has 0 bridgehead atoms. The number of nitrogens with zero attached hydrogens (tertiary/aromatic N) is 1. The molecule has 0 atom stereocenters. The van der Waals surface area contributed by atoms with Crippen LogP contribution in [0.3, 0.4) is 0 Å². The molecule has 0 aliphatic heterocycles. The maximum Gasteiger partial charge on any atom is 0.573 e. The van der Waals surface area contributed by atoms with E-state index in [4.69, 9.17) is 5.73 Å². The summed E-state index contributed by atoms with van der Waals surface area (Å²) in [6.45, 7) is 0. The Hall–Kier alpha value is -2.29. The standard InChI is InChI=1S/C11H8F3N3O2S/c12-11(13,14)19-8-4-2-1-3-6(8)16-9(18)7-5-20-10(15)17-7/h1-5H,(H2,15,17)(H,16,18). The lowest BCUT2D eigenvalue weighted by molar-refractivity contribution is -0.274. The molecule has 0 aliphatic carbocycles. The molecule has 2 aromatic rings. The van der Waals surface area contributed by atoms with Crippen LogP contribution in [0.1, 0.15) is 10.5 Å². The number of aromatic nitrogens is 1. The zero-order valence-electron chi connectivity index (χ0n) is 9.77. The molecular weight excluding hydrogens is 295 g/mol. The number of ether oxygens (including phenoxy) is 1. The van der Waals surface area contributed by atoms with Gasteiger partial charge in [0.25, 0.3) is 5.91 Å². The van der Waals surface area contributed by atoms with Gasteiger partial charge in [0.15, 0.2) is 10.9 Å². The number of carbonyl (C=O) groups is 1. The van der Waals surface area contributed by atoms with Crippen LogP contribution in [0.25, 0.3) is 0 Å². The monoisotopic (exact) mass is 303 g/mol. The predicted molar refractivity (Wildman–Crippen MR) is 67.6 cm³/mol. The molecule has 106 valence electrons. The zero-order chi connectivity index (χ0) is 14.8. The number of hydrogen-bond donors (Lipinski definition) is 2. The smallest absolute Gasteiger partial charge is 0.404 e. The Morgan fingerprint density at radius 2 is 2.05 bits per heavy atom. The van der Waals surface area contributed by atoms with Crippen molar-refractivity contribution in [3.63, 3.8) is 0 Å². The zero-order valence-corrected chi connectivity index (χ0v) is 10.6. The number of hydrogen-bond acceptors (Lipinski definition) is 5. The van der Waals surface area contributed by atoms with E-state index in [2.05, 4.69) is 15.0 Å². The molecule has 0 fully saturated rings. The Morgan fingerprint density at radius 3 is 2.65 bits per heavy atom. The molecule has 0 saturated carbocycles. The Balaban J connectivity index is 2.19. The molecule has 9 heteroatoms. The third-order valence-corrected chi connectivity index (χ3v) is 2.79. The van der Waals surface area contributed by atoms with Crippen LogP contribution < -0.4 is 15.8 Å². The third-order valence-electron chi connectivity index (χ3n) is 2.12. The summed E-state index contributed by atoms with van der Waals surface area (Å²) in [6.07, 6.45) is -4.84. The van der Waals surface area contributed by atoms with Crippen LogP contribution in [0.2, 0.25) is 0 Å². The molecule has 0 saturated heterocycles. The number of nitrogen functional groups attached to an aromatic ring is 1. The SMILES string of the molecule is Nc1nc(C(=O)Nc2ccccc2OC(F)(F)F)cs1. The van der Waals surface area contributed by atoms with Crippen molar-refractivity contribution in [1.82, 2.24) is 4.98 Å². The van der Waals surface area contributed by atoms with Gasteiger partial charge in [-0.2, -0.15) is 0 Å². The highest BCUT2D eigenvalue weighted by Crippen LogP contribution is 2.30. The fourth-order valence-electron chi connectivity index (χ4n) is 1.36. The molecule has 1 aromatic carbocycles. The van der Waals surface area contributed by atoms with E-state index in [0.717, 1.165) is 17.4 Å². The van der Waals surface area contributed by atoms with Crippen molar-refractivity contribution in [1.29, 1.82) is 0 Å². The first kappa shape index (κ1) is 14.1. The number of alkyl halides is 3. The maximum atomic E-state index is 12.2. The van der Waals surface area contributed by atoms with Gasteiger partial charge >= 0.3 is 6.36 Å². The largest absolute Gasteiger partial charge is 0.573 e. The summed E-state index contributed by atoms with van der Waals surface area (Å²) in [5.74, 6) is -1.17. The first-order chi connectivity index (χ1) is 9.35. The van der Waals surface area contributed by atoms with Crippen molar-refractivity contribution in [3.8, 4) is 5.75 Å². The second-order valence-electron chi connectivity index (χ2n) is 3.57. The summed E-state index contributed by atoms with van der Waals surface area (Å²) in [5, 5.41) is 3.88. The second-order valence-corrected chi connectivity index (χ2v) is 4.46. The van der Waals surface area contributed by atoms with Gasteiger partial charge in [0.05, 0.1) is 5.69 Å². The fraction of sp³-hybridized carbons (Fsp3) is 0.0909. The summed E-state index contributed by atoms with van der Waals surface area (Å²) in [7, 11) is 0. The normalized spacial score (nSPS) is 11.2. The van der Waals surface area contributed by atoms with Crippen molar-refractivity contribution in [2.75, 3.05) is 11.1 Å². The lowest BCUT2D eigenvalue weighted by Gasteiger charge is -2.13. The van der Waals surface area contributed by atoms with E-state index in [1.807, 2.05) is 0 Å². The predicted octanol–water partition coefficient (Wildman–Crippen LogP) is 2.88. The molecule has 20 heavy (non-hydrogen) atoms. The van der Waals surface area contributed by atoms with E-state index in [-0.39, 0.29) is 16.5 Å². The molecule has 2 rings (SSSR count). The number of benzene rings is 1. The highest BCUT2D eigenvalue weighted by Gasteiger charge is 2.32.